The fraction of sp³-hybridized carbons (Fsp3) is 1.00. The highest BCUT2D eigenvalue weighted by Gasteiger charge is 2.31. The third-order valence-electron chi connectivity index (χ3n) is 3.47. The molecular formula is C11H22N2O. The zero-order valence-corrected chi connectivity index (χ0v) is 9.57. The van der Waals surface area contributed by atoms with Crippen molar-refractivity contribution < 1.29 is 4.74 Å². The molecule has 0 bridgehead atoms. The Hall–Kier alpha value is -0.120. The first-order chi connectivity index (χ1) is 6.66. The molecule has 0 aromatic heterocycles. The third-order valence-corrected chi connectivity index (χ3v) is 3.47. The van der Waals surface area contributed by atoms with Gasteiger partial charge in [0, 0.05) is 19.1 Å². The van der Waals surface area contributed by atoms with Gasteiger partial charge in [0.25, 0.3) is 0 Å². The standard InChI is InChI=1S/C11H22N2O/c1-9-6-13(7-10-8-14-10)5-4-11(9)12(2)3/h9-11H,4-8H2,1-3H3/t9?,10-,11?/m1/s1. The van der Waals surface area contributed by atoms with Crippen LogP contribution in [-0.2, 0) is 4.74 Å². The lowest BCUT2D eigenvalue weighted by Crippen LogP contribution is -2.48. The van der Waals surface area contributed by atoms with Gasteiger partial charge in [-0.15, -0.1) is 0 Å². The number of ether oxygens (including phenoxy) is 1. The molecular weight excluding hydrogens is 176 g/mol. The van der Waals surface area contributed by atoms with Gasteiger partial charge >= 0.3 is 0 Å². The number of nitrogens with zero attached hydrogens (tertiary/aromatic N) is 2. The smallest absolute Gasteiger partial charge is 0.0936 e. The lowest BCUT2D eigenvalue weighted by atomic mass is 9.93. The summed E-state index contributed by atoms with van der Waals surface area (Å²) in [5.41, 5.74) is 0. The summed E-state index contributed by atoms with van der Waals surface area (Å²) in [5.74, 6) is 0.789. The second kappa shape index (κ2) is 4.17. The molecule has 0 aromatic carbocycles. The average Bonchev–Trinajstić information content (AvgIpc) is 2.87. The molecule has 3 heteroatoms. The summed E-state index contributed by atoms with van der Waals surface area (Å²) in [7, 11) is 4.39. The molecule has 3 nitrogen and oxygen atoms in total. The molecule has 2 saturated heterocycles. The third kappa shape index (κ3) is 2.47. The van der Waals surface area contributed by atoms with E-state index < -0.39 is 0 Å². The Bertz CT molecular complexity index is 192. The quantitative estimate of drug-likeness (QED) is 0.621. The van der Waals surface area contributed by atoms with E-state index in [1.54, 1.807) is 0 Å². The van der Waals surface area contributed by atoms with Crippen molar-refractivity contribution in [3.8, 4) is 0 Å². The van der Waals surface area contributed by atoms with Gasteiger partial charge in [0.2, 0.25) is 0 Å². The Balaban J connectivity index is 1.79. The number of hydrogen-bond donors (Lipinski definition) is 0. The van der Waals surface area contributed by atoms with Crippen molar-refractivity contribution >= 4 is 0 Å². The number of rotatable bonds is 3. The Morgan fingerprint density at radius 2 is 2.14 bits per heavy atom. The van der Waals surface area contributed by atoms with Gasteiger partial charge in [-0.2, -0.15) is 0 Å². The predicted molar refractivity (Wildman–Crippen MR) is 57.4 cm³/mol. The van der Waals surface area contributed by atoms with E-state index >= 15 is 0 Å². The summed E-state index contributed by atoms with van der Waals surface area (Å²) in [4.78, 5) is 4.93. The van der Waals surface area contributed by atoms with E-state index in [-0.39, 0.29) is 0 Å². The Morgan fingerprint density at radius 3 is 2.64 bits per heavy atom. The summed E-state index contributed by atoms with van der Waals surface area (Å²) in [6.07, 6.45) is 1.86. The first-order valence-corrected chi connectivity index (χ1v) is 5.67. The Labute approximate surface area is 87.0 Å². The molecule has 0 N–H and O–H groups in total. The molecule has 2 aliphatic heterocycles. The van der Waals surface area contributed by atoms with Crippen LogP contribution in [0.4, 0.5) is 0 Å². The maximum atomic E-state index is 5.27. The molecule has 0 aliphatic carbocycles. The summed E-state index contributed by atoms with van der Waals surface area (Å²) >= 11 is 0. The van der Waals surface area contributed by atoms with Crippen molar-refractivity contribution in [2.24, 2.45) is 5.92 Å². The summed E-state index contributed by atoms with van der Waals surface area (Å²) in [5, 5.41) is 0. The molecule has 2 aliphatic rings. The van der Waals surface area contributed by atoms with Crippen LogP contribution in [0.3, 0.4) is 0 Å². The topological polar surface area (TPSA) is 19.0 Å². The maximum Gasteiger partial charge on any atom is 0.0936 e. The molecule has 3 atom stereocenters. The SMILES string of the molecule is CC1CN(C[C@@H]2CO2)CCC1N(C)C. The van der Waals surface area contributed by atoms with Crippen LogP contribution in [0, 0.1) is 5.92 Å². The van der Waals surface area contributed by atoms with Crippen LogP contribution in [0.25, 0.3) is 0 Å². The normalized spacial score (nSPS) is 39.0. The van der Waals surface area contributed by atoms with Crippen LogP contribution in [0.2, 0.25) is 0 Å². The van der Waals surface area contributed by atoms with Crippen molar-refractivity contribution in [1.29, 1.82) is 0 Å². The van der Waals surface area contributed by atoms with E-state index in [0.717, 1.165) is 25.1 Å². The van der Waals surface area contributed by atoms with E-state index in [9.17, 15) is 0 Å². The van der Waals surface area contributed by atoms with E-state index in [0.29, 0.717) is 6.10 Å². The molecule has 0 saturated carbocycles. The van der Waals surface area contributed by atoms with E-state index in [1.807, 2.05) is 0 Å². The minimum atomic E-state index is 0.554. The average molecular weight is 198 g/mol. The highest BCUT2D eigenvalue weighted by atomic mass is 16.6. The molecule has 2 heterocycles. The fourth-order valence-electron chi connectivity index (χ4n) is 2.61. The zero-order chi connectivity index (χ0) is 10.1. The summed E-state index contributed by atoms with van der Waals surface area (Å²) < 4.78 is 5.27. The minimum Gasteiger partial charge on any atom is -0.372 e. The monoisotopic (exact) mass is 198 g/mol. The lowest BCUT2D eigenvalue weighted by molar-refractivity contribution is 0.0893. The van der Waals surface area contributed by atoms with E-state index in [4.69, 9.17) is 4.74 Å². The highest BCUT2D eigenvalue weighted by Crippen LogP contribution is 2.22. The second-order valence-corrected chi connectivity index (χ2v) is 5.01. The number of hydrogen-bond acceptors (Lipinski definition) is 3. The number of piperidine rings is 1. The van der Waals surface area contributed by atoms with E-state index in [1.165, 1.54) is 19.5 Å². The molecule has 2 fully saturated rings. The van der Waals surface area contributed by atoms with Gasteiger partial charge in [0.05, 0.1) is 12.7 Å². The van der Waals surface area contributed by atoms with Crippen LogP contribution in [0.1, 0.15) is 13.3 Å². The van der Waals surface area contributed by atoms with Crippen molar-refractivity contribution in [2.75, 3.05) is 40.3 Å². The highest BCUT2D eigenvalue weighted by molar-refractivity contribution is 4.85. The molecule has 0 aromatic rings. The van der Waals surface area contributed by atoms with Gasteiger partial charge in [-0.25, -0.2) is 0 Å². The number of epoxide rings is 1. The van der Waals surface area contributed by atoms with Gasteiger partial charge < -0.3 is 14.5 Å². The molecule has 2 unspecified atom stereocenters. The molecule has 14 heavy (non-hydrogen) atoms. The van der Waals surface area contributed by atoms with Crippen LogP contribution in [-0.4, -0.2) is 62.3 Å². The first-order valence-electron chi connectivity index (χ1n) is 5.67. The second-order valence-electron chi connectivity index (χ2n) is 5.01. The fourth-order valence-corrected chi connectivity index (χ4v) is 2.61. The van der Waals surface area contributed by atoms with Crippen molar-refractivity contribution in [3.05, 3.63) is 0 Å². The van der Waals surface area contributed by atoms with Gasteiger partial charge in [0.15, 0.2) is 0 Å². The lowest BCUT2D eigenvalue weighted by Gasteiger charge is -2.39. The Morgan fingerprint density at radius 1 is 1.43 bits per heavy atom. The summed E-state index contributed by atoms with van der Waals surface area (Å²) in [6.45, 7) is 6.99. The molecule has 0 spiro atoms. The van der Waals surface area contributed by atoms with Crippen LogP contribution < -0.4 is 0 Å². The first kappa shape index (κ1) is 10.4. The largest absolute Gasteiger partial charge is 0.372 e. The van der Waals surface area contributed by atoms with Crippen molar-refractivity contribution in [1.82, 2.24) is 9.80 Å². The van der Waals surface area contributed by atoms with Gasteiger partial charge in [-0.3, -0.25) is 0 Å². The van der Waals surface area contributed by atoms with Crippen LogP contribution >= 0.6 is 0 Å². The molecule has 0 radical (unpaired) electrons. The van der Waals surface area contributed by atoms with Crippen molar-refractivity contribution in [3.63, 3.8) is 0 Å². The zero-order valence-electron chi connectivity index (χ0n) is 9.57. The van der Waals surface area contributed by atoms with Gasteiger partial charge in [-0.05, 0) is 33.0 Å². The maximum absolute atomic E-state index is 5.27. The van der Waals surface area contributed by atoms with Crippen molar-refractivity contribution in [2.45, 2.75) is 25.5 Å². The summed E-state index contributed by atoms with van der Waals surface area (Å²) in [6, 6.07) is 0.770. The van der Waals surface area contributed by atoms with E-state index in [2.05, 4.69) is 30.8 Å². The Kier molecular flexibility index (Phi) is 3.10. The predicted octanol–water partition coefficient (Wildman–Crippen LogP) is 0.657. The van der Waals surface area contributed by atoms with Gasteiger partial charge in [-0.1, -0.05) is 6.92 Å². The minimum absolute atomic E-state index is 0.554. The molecule has 0 amide bonds. The van der Waals surface area contributed by atoms with Gasteiger partial charge in [0.1, 0.15) is 0 Å². The molecule has 2 rings (SSSR count). The van der Waals surface area contributed by atoms with Crippen LogP contribution in [0.5, 0.6) is 0 Å². The van der Waals surface area contributed by atoms with Crippen LogP contribution in [0.15, 0.2) is 0 Å². The molecule has 82 valence electrons. The number of likely N-dealkylation sites (tertiary alicyclic amines) is 1.